The Labute approximate surface area is 191 Å². The van der Waals surface area contributed by atoms with Gasteiger partial charge >= 0.3 is 0 Å². The van der Waals surface area contributed by atoms with E-state index < -0.39 is 16.1 Å². The van der Waals surface area contributed by atoms with Crippen molar-refractivity contribution in [3.63, 3.8) is 0 Å². The number of ether oxygens (including phenoxy) is 1. The Morgan fingerprint density at radius 2 is 1.61 bits per heavy atom. The van der Waals surface area contributed by atoms with Crippen molar-refractivity contribution in [3.8, 4) is 5.75 Å². The van der Waals surface area contributed by atoms with E-state index in [9.17, 15) is 13.2 Å². The van der Waals surface area contributed by atoms with Crippen LogP contribution in [0.4, 0.5) is 11.4 Å². The summed E-state index contributed by atoms with van der Waals surface area (Å²) in [6, 6.07) is 19.0. The van der Waals surface area contributed by atoms with Crippen molar-refractivity contribution in [1.29, 1.82) is 0 Å². The van der Waals surface area contributed by atoms with Crippen molar-refractivity contribution >= 4 is 50.5 Å². The highest BCUT2D eigenvalue weighted by Crippen LogP contribution is 2.22. The lowest BCUT2D eigenvalue weighted by Gasteiger charge is -2.17. The number of amides is 1. The minimum Gasteiger partial charge on any atom is -0.481 e. The number of halogens is 2. The van der Waals surface area contributed by atoms with Crippen molar-refractivity contribution in [2.75, 3.05) is 10.0 Å². The number of sulfonamides is 1. The van der Waals surface area contributed by atoms with E-state index in [0.717, 1.165) is 0 Å². The molecule has 1 amide bonds. The van der Waals surface area contributed by atoms with E-state index in [1.165, 1.54) is 30.3 Å². The highest BCUT2D eigenvalue weighted by atomic mass is 35.5. The van der Waals surface area contributed by atoms with E-state index in [4.69, 9.17) is 27.9 Å². The third-order valence-electron chi connectivity index (χ3n) is 4.26. The summed E-state index contributed by atoms with van der Waals surface area (Å²) in [4.78, 5) is 12.6. The molecule has 3 aromatic carbocycles. The highest BCUT2D eigenvalue weighted by molar-refractivity contribution is 7.92. The predicted molar refractivity (Wildman–Crippen MR) is 123 cm³/mol. The second-order valence-electron chi connectivity index (χ2n) is 6.60. The summed E-state index contributed by atoms with van der Waals surface area (Å²) < 4.78 is 33.3. The van der Waals surface area contributed by atoms with Crippen molar-refractivity contribution in [3.05, 3.63) is 82.8 Å². The Hall–Kier alpha value is -2.74. The number of rotatable bonds is 8. The minimum absolute atomic E-state index is 0.0509. The van der Waals surface area contributed by atoms with E-state index in [2.05, 4.69) is 10.0 Å². The Morgan fingerprint density at radius 3 is 2.23 bits per heavy atom. The number of carbonyl (C=O) groups is 1. The van der Waals surface area contributed by atoms with E-state index >= 15 is 0 Å². The van der Waals surface area contributed by atoms with Gasteiger partial charge in [0, 0.05) is 15.7 Å². The molecule has 9 heteroatoms. The molecule has 0 aliphatic rings. The molecule has 6 nitrogen and oxygen atoms in total. The van der Waals surface area contributed by atoms with Crippen molar-refractivity contribution in [2.45, 2.75) is 24.3 Å². The highest BCUT2D eigenvalue weighted by Gasteiger charge is 2.19. The summed E-state index contributed by atoms with van der Waals surface area (Å²) >= 11 is 11.8. The van der Waals surface area contributed by atoms with Crippen molar-refractivity contribution in [1.82, 2.24) is 0 Å². The van der Waals surface area contributed by atoms with Crippen LogP contribution in [0.15, 0.2) is 77.7 Å². The lowest BCUT2D eigenvalue weighted by molar-refractivity contribution is -0.122. The zero-order chi connectivity index (χ0) is 22.4. The van der Waals surface area contributed by atoms with Crippen LogP contribution in [0.25, 0.3) is 0 Å². The summed E-state index contributed by atoms with van der Waals surface area (Å²) in [5, 5.41) is 3.73. The number of anilines is 2. The van der Waals surface area contributed by atoms with Gasteiger partial charge in [-0.3, -0.25) is 9.52 Å². The van der Waals surface area contributed by atoms with Gasteiger partial charge in [0.1, 0.15) is 5.75 Å². The quantitative estimate of drug-likeness (QED) is 0.441. The van der Waals surface area contributed by atoms with Crippen LogP contribution in [0.1, 0.15) is 13.3 Å². The maximum Gasteiger partial charge on any atom is 0.265 e. The molecule has 1 atom stereocenters. The van der Waals surface area contributed by atoms with Gasteiger partial charge in [-0.15, -0.1) is 0 Å². The molecule has 0 aromatic heterocycles. The van der Waals surface area contributed by atoms with Gasteiger partial charge in [-0.2, -0.15) is 0 Å². The zero-order valence-electron chi connectivity index (χ0n) is 16.5. The first kappa shape index (κ1) is 22.9. The van der Waals surface area contributed by atoms with E-state index in [1.54, 1.807) is 42.5 Å². The molecule has 0 saturated heterocycles. The third kappa shape index (κ3) is 6.37. The SMILES string of the molecule is CC[C@H](Oc1ccc(Cl)cc1)C(=O)Nc1ccc(S(=O)(=O)Nc2cccc(Cl)c2)cc1. The van der Waals surface area contributed by atoms with Crippen molar-refractivity contribution < 1.29 is 17.9 Å². The normalized spacial score (nSPS) is 12.1. The molecule has 0 saturated carbocycles. The van der Waals surface area contributed by atoms with E-state index in [0.29, 0.717) is 33.6 Å². The molecule has 0 unspecified atom stereocenters. The summed E-state index contributed by atoms with van der Waals surface area (Å²) in [6.45, 7) is 1.83. The predicted octanol–water partition coefficient (Wildman–Crippen LogP) is 5.59. The van der Waals surface area contributed by atoms with Crippen molar-refractivity contribution in [2.24, 2.45) is 0 Å². The number of hydrogen-bond acceptors (Lipinski definition) is 4. The number of carbonyl (C=O) groups excluding carboxylic acids is 1. The van der Waals surface area contributed by atoms with Crippen LogP contribution in [0.3, 0.4) is 0 Å². The summed E-state index contributed by atoms with van der Waals surface area (Å²) in [7, 11) is -3.80. The van der Waals surface area contributed by atoms with Gasteiger partial charge in [0.05, 0.1) is 10.6 Å². The molecule has 0 fully saturated rings. The average molecular weight is 479 g/mol. The fourth-order valence-electron chi connectivity index (χ4n) is 2.71. The zero-order valence-corrected chi connectivity index (χ0v) is 18.8. The largest absolute Gasteiger partial charge is 0.481 e. The molecular weight excluding hydrogens is 459 g/mol. The molecule has 0 aliphatic heterocycles. The smallest absolute Gasteiger partial charge is 0.265 e. The molecule has 0 radical (unpaired) electrons. The van der Waals surface area contributed by atoms with Crippen LogP contribution in [0.2, 0.25) is 10.0 Å². The number of benzene rings is 3. The first-order valence-corrected chi connectivity index (χ1v) is 11.6. The molecule has 3 aromatic rings. The minimum atomic E-state index is -3.80. The fourth-order valence-corrected chi connectivity index (χ4v) is 4.07. The first-order valence-electron chi connectivity index (χ1n) is 9.38. The third-order valence-corrected chi connectivity index (χ3v) is 6.15. The van der Waals surface area contributed by atoms with Gasteiger partial charge in [0.15, 0.2) is 6.10 Å². The van der Waals surface area contributed by atoms with E-state index in [-0.39, 0.29) is 10.8 Å². The number of nitrogens with one attached hydrogen (secondary N) is 2. The van der Waals surface area contributed by atoms with Gasteiger partial charge in [0.2, 0.25) is 0 Å². The Kier molecular flexibility index (Phi) is 7.43. The number of hydrogen-bond donors (Lipinski definition) is 2. The maximum atomic E-state index is 12.6. The first-order chi connectivity index (χ1) is 14.8. The molecule has 2 N–H and O–H groups in total. The van der Waals surface area contributed by atoms with Crippen LogP contribution in [0.5, 0.6) is 5.75 Å². The Morgan fingerprint density at radius 1 is 0.935 bits per heavy atom. The van der Waals surface area contributed by atoms with Gasteiger partial charge in [-0.1, -0.05) is 36.2 Å². The second kappa shape index (κ2) is 10.0. The summed E-state index contributed by atoms with van der Waals surface area (Å²) in [6.07, 6.45) is -0.265. The molecule has 162 valence electrons. The monoisotopic (exact) mass is 478 g/mol. The molecule has 3 rings (SSSR count). The molecule has 0 aliphatic carbocycles. The fraction of sp³-hybridized carbons (Fsp3) is 0.136. The summed E-state index contributed by atoms with van der Waals surface area (Å²) in [5.74, 6) is 0.185. The van der Waals surface area contributed by atoms with Gasteiger partial charge < -0.3 is 10.1 Å². The lowest BCUT2D eigenvalue weighted by atomic mass is 10.2. The van der Waals surface area contributed by atoms with Gasteiger partial charge in [-0.05, 0) is 73.2 Å². The molecule has 0 bridgehead atoms. The lowest BCUT2D eigenvalue weighted by Crippen LogP contribution is -2.32. The van der Waals surface area contributed by atoms with Crippen LogP contribution in [-0.4, -0.2) is 20.4 Å². The standard InChI is InChI=1S/C22H20Cl2N2O4S/c1-2-21(30-19-10-6-15(23)7-11-19)22(27)25-17-8-12-20(13-9-17)31(28,29)26-18-5-3-4-16(24)14-18/h3-14,21,26H,2H2,1H3,(H,25,27)/t21-/m0/s1. The average Bonchev–Trinajstić information content (AvgIpc) is 2.73. The van der Waals surface area contributed by atoms with Gasteiger partial charge in [0.25, 0.3) is 15.9 Å². The second-order valence-corrected chi connectivity index (χ2v) is 9.15. The van der Waals surface area contributed by atoms with E-state index in [1.807, 2.05) is 6.92 Å². The van der Waals surface area contributed by atoms with Crippen LogP contribution < -0.4 is 14.8 Å². The topological polar surface area (TPSA) is 84.5 Å². The molecule has 31 heavy (non-hydrogen) atoms. The Balaban J connectivity index is 1.66. The molecular formula is C22H20Cl2N2O4S. The van der Waals surface area contributed by atoms with Crippen LogP contribution in [0, 0.1) is 0 Å². The molecule has 0 heterocycles. The van der Waals surface area contributed by atoms with Crippen LogP contribution >= 0.6 is 23.2 Å². The molecule has 0 spiro atoms. The van der Waals surface area contributed by atoms with Crippen LogP contribution in [-0.2, 0) is 14.8 Å². The maximum absolute atomic E-state index is 12.6. The summed E-state index contributed by atoms with van der Waals surface area (Å²) in [5.41, 5.74) is 0.805. The Bertz CT molecular complexity index is 1150. The van der Waals surface area contributed by atoms with Gasteiger partial charge in [-0.25, -0.2) is 8.42 Å².